The summed E-state index contributed by atoms with van der Waals surface area (Å²) < 4.78 is 5.07. The molecule has 0 bridgehead atoms. The zero-order valence-corrected chi connectivity index (χ0v) is 12.6. The second-order valence-corrected chi connectivity index (χ2v) is 5.14. The summed E-state index contributed by atoms with van der Waals surface area (Å²) in [6.07, 6.45) is 0. The normalized spacial score (nSPS) is 12.1. The zero-order valence-electron chi connectivity index (χ0n) is 11.8. The highest BCUT2D eigenvalue weighted by atomic mass is 32.1. The van der Waals surface area contributed by atoms with Gasteiger partial charge >= 0.3 is 0 Å². The van der Waals surface area contributed by atoms with Crippen molar-refractivity contribution < 1.29 is 4.74 Å². The van der Waals surface area contributed by atoms with Gasteiger partial charge in [0, 0.05) is 18.8 Å². The quantitative estimate of drug-likeness (QED) is 0.821. The highest BCUT2D eigenvalue weighted by Gasteiger charge is 2.07. The van der Waals surface area contributed by atoms with Crippen molar-refractivity contribution in [3.8, 4) is 0 Å². The third-order valence-corrected chi connectivity index (χ3v) is 2.93. The summed E-state index contributed by atoms with van der Waals surface area (Å²) in [7, 11) is 1.68. The predicted octanol–water partition coefficient (Wildman–Crippen LogP) is 2.93. The number of ether oxygens (including phenoxy) is 1. The second-order valence-electron chi connectivity index (χ2n) is 4.73. The number of benzene rings is 1. The first-order chi connectivity index (χ1) is 8.43. The Labute approximate surface area is 115 Å². The lowest BCUT2D eigenvalue weighted by Gasteiger charge is -2.19. The number of anilines is 1. The molecule has 0 spiro atoms. The monoisotopic (exact) mass is 266 g/mol. The van der Waals surface area contributed by atoms with Gasteiger partial charge in [0.1, 0.15) is 0 Å². The molecule has 0 aliphatic heterocycles. The predicted molar refractivity (Wildman–Crippen MR) is 81.3 cm³/mol. The number of hydrogen-bond donors (Lipinski definition) is 2. The van der Waals surface area contributed by atoms with Crippen LogP contribution in [-0.4, -0.2) is 24.9 Å². The Morgan fingerprint density at radius 2 is 1.83 bits per heavy atom. The Hall–Kier alpha value is -1.13. The number of aryl methyl sites for hydroxylation is 3. The van der Waals surface area contributed by atoms with Crippen LogP contribution in [0.15, 0.2) is 12.1 Å². The molecule has 0 amide bonds. The molecule has 1 aromatic carbocycles. The largest absolute Gasteiger partial charge is 0.383 e. The van der Waals surface area contributed by atoms with Gasteiger partial charge in [-0.25, -0.2) is 0 Å². The molecule has 0 aliphatic rings. The fourth-order valence-corrected chi connectivity index (χ4v) is 2.35. The van der Waals surface area contributed by atoms with Crippen LogP contribution in [0.5, 0.6) is 0 Å². The molecule has 3 nitrogen and oxygen atoms in total. The lowest BCUT2D eigenvalue weighted by Crippen LogP contribution is -2.38. The molecule has 2 N–H and O–H groups in total. The number of methoxy groups -OCH3 is 1. The zero-order chi connectivity index (χ0) is 13.7. The average Bonchev–Trinajstić information content (AvgIpc) is 2.23. The van der Waals surface area contributed by atoms with E-state index in [1.54, 1.807) is 7.11 Å². The topological polar surface area (TPSA) is 33.3 Å². The number of thiocarbonyl (C=S) groups is 1. The molecule has 100 valence electrons. The van der Waals surface area contributed by atoms with Gasteiger partial charge < -0.3 is 15.4 Å². The van der Waals surface area contributed by atoms with Crippen LogP contribution in [0.4, 0.5) is 5.69 Å². The van der Waals surface area contributed by atoms with Crippen LogP contribution in [0.25, 0.3) is 0 Å². The van der Waals surface area contributed by atoms with Crippen LogP contribution in [0.3, 0.4) is 0 Å². The standard InChI is InChI=1S/C14H22N2OS/c1-9-6-10(2)13(11(3)7-9)16-14(18)15-12(4)8-17-5/h6-7,12H,8H2,1-5H3,(H2,15,16,18). The van der Waals surface area contributed by atoms with E-state index in [2.05, 4.69) is 43.5 Å². The van der Waals surface area contributed by atoms with Gasteiger partial charge in [0.15, 0.2) is 5.11 Å². The molecule has 0 saturated carbocycles. The molecule has 1 atom stereocenters. The Balaban J connectivity index is 2.70. The first-order valence-corrected chi connectivity index (χ1v) is 6.49. The van der Waals surface area contributed by atoms with Gasteiger partial charge in [0.05, 0.1) is 6.61 Å². The van der Waals surface area contributed by atoms with E-state index in [0.29, 0.717) is 11.7 Å². The van der Waals surface area contributed by atoms with Crippen molar-refractivity contribution in [3.05, 3.63) is 28.8 Å². The van der Waals surface area contributed by atoms with Crippen LogP contribution in [0.1, 0.15) is 23.6 Å². The SMILES string of the molecule is COCC(C)NC(=S)Nc1c(C)cc(C)cc1C. The molecule has 0 fully saturated rings. The second kappa shape index (κ2) is 6.71. The van der Waals surface area contributed by atoms with Crippen molar-refractivity contribution >= 4 is 23.0 Å². The minimum absolute atomic E-state index is 0.195. The van der Waals surface area contributed by atoms with E-state index >= 15 is 0 Å². The minimum Gasteiger partial charge on any atom is -0.383 e. The molecule has 1 aromatic rings. The van der Waals surface area contributed by atoms with Crippen molar-refractivity contribution in [1.29, 1.82) is 0 Å². The van der Waals surface area contributed by atoms with Gasteiger partial charge in [0.2, 0.25) is 0 Å². The van der Waals surface area contributed by atoms with Gasteiger partial charge in [-0.15, -0.1) is 0 Å². The maximum Gasteiger partial charge on any atom is 0.171 e. The Morgan fingerprint density at radius 3 is 2.33 bits per heavy atom. The number of rotatable bonds is 4. The summed E-state index contributed by atoms with van der Waals surface area (Å²) >= 11 is 5.30. The van der Waals surface area contributed by atoms with Gasteiger partial charge in [0.25, 0.3) is 0 Å². The average molecular weight is 266 g/mol. The van der Waals surface area contributed by atoms with Crippen molar-refractivity contribution in [2.24, 2.45) is 0 Å². The highest BCUT2D eigenvalue weighted by molar-refractivity contribution is 7.80. The molecule has 0 radical (unpaired) electrons. The first kappa shape index (κ1) is 14.9. The Bertz CT molecular complexity index is 409. The summed E-state index contributed by atoms with van der Waals surface area (Å²) in [5.74, 6) is 0. The molecule has 0 aliphatic carbocycles. The molecular weight excluding hydrogens is 244 g/mol. The highest BCUT2D eigenvalue weighted by Crippen LogP contribution is 2.21. The van der Waals surface area contributed by atoms with E-state index in [9.17, 15) is 0 Å². The maximum absolute atomic E-state index is 5.30. The Kier molecular flexibility index (Phi) is 5.56. The molecule has 4 heteroatoms. The lowest BCUT2D eigenvalue weighted by atomic mass is 10.1. The van der Waals surface area contributed by atoms with Crippen molar-refractivity contribution in [3.63, 3.8) is 0 Å². The van der Waals surface area contributed by atoms with E-state index in [1.165, 1.54) is 16.7 Å². The first-order valence-electron chi connectivity index (χ1n) is 6.08. The van der Waals surface area contributed by atoms with Gasteiger partial charge in [-0.05, 0) is 51.0 Å². The van der Waals surface area contributed by atoms with Crippen LogP contribution in [0, 0.1) is 20.8 Å². The van der Waals surface area contributed by atoms with Crippen LogP contribution < -0.4 is 10.6 Å². The van der Waals surface area contributed by atoms with E-state index in [-0.39, 0.29) is 6.04 Å². The smallest absolute Gasteiger partial charge is 0.171 e. The number of hydrogen-bond acceptors (Lipinski definition) is 2. The van der Waals surface area contributed by atoms with E-state index in [0.717, 1.165) is 5.69 Å². The maximum atomic E-state index is 5.30. The van der Waals surface area contributed by atoms with E-state index in [4.69, 9.17) is 17.0 Å². The van der Waals surface area contributed by atoms with Gasteiger partial charge in [-0.2, -0.15) is 0 Å². The fourth-order valence-electron chi connectivity index (χ4n) is 2.04. The fraction of sp³-hybridized carbons (Fsp3) is 0.500. The molecular formula is C14H22N2OS. The van der Waals surface area contributed by atoms with Crippen LogP contribution in [-0.2, 0) is 4.74 Å². The van der Waals surface area contributed by atoms with E-state index < -0.39 is 0 Å². The van der Waals surface area contributed by atoms with Gasteiger partial charge in [-0.1, -0.05) is 17.7 Å². The van der Waals surface area contributed by atoms with Gasteiger partial charge in [-0.3, -0.25) is 0 Å². The van der Waals surface area contributed by atoms with Crippen molar-refractivity contribution in [2.45, 2.75) is 33.7 Å². The summed E-state index contributed by atoms with van der Waals surface area (Å²) in [6.45, 7) is 8.94. The summed E-state index contributed by atoms with van der Waals surface area (Å²) in [5, 5.41) is 7.09. The molecule has 18 heavy (non-hydrogen) atoms. The molecule has 0 saturated heterocycles. The van der Waals surface area contributed by atoms with Crippen LogP contribution >= 0.6 is 12.2 Å². The third-order valence-electron chi connectivity index (χ3n) is 2.71. The molecule has 0 aromatic heterocycles. The van der Waals surface area contributed by atoms with Crippen molar-refractivity contribution in [1.82, 2.24) is 5.32 Å². The molecule has 1 unspecified atom stereocenters. The summed E-state index contributed by atoms with van der Waals surface area (Å²) in [6, 6.07) is 4.49. The Morgan fingerprint density at radius 1 is 1.28 bits per heavy atom. The lowest BCUT2D eigenvalue weighted by molar-refractivity contribution is 0.179. The molecule has 1 rings (SSSR count). The van der Waals surface area contributed by atoms with Crippen molar-refractivity contribution in [2.75, 3.05) is 19.0 Å². The van der Waals surface area contributed by atoms with E-state index in [1.807, 2.05) is 6.92 Å². The summed E-state index contributed by atoms with van der Waals surface area (Å²) in [4.78, 5) is 0. The summed E-state index contributed by atoms with van der Waals surface area (Å²) in [5.41, 5.74) is 4.76. The van der Waals surface area contributed by atoms with Crippen LogP contribution in [0.2, 0.25) is 0 Å². The minimum atomic E-state index is 0.195. The molecule has 0 heterocycles. The number of nitrogens with one attached hydrogen (secondary N) is 2. The third kappa shape index (κ3) is 4.27.